The molecule has 0 saturated carbocycles. The molecule has 0 aliphatic heterocycles. The normalized spacial score (nSPS) is 12.1. The monoisotopic (exact) mass is 563 g/mol. The average Bonchev–Trinajstić information content (AvgIpc) is 2.80. The molecule has 0 bridgehead atoms. The van der Waals surface area contributed by atoms with Crippen molar-refractivity contribution in [2.24, 2.45) is 0 Å². The molecule has 2 rings (SSSR count). The van der Waals surface area contributed by atoms with Crippen LogP contribution in [0.3, 0.4) is 0 Å². The Morgan fingerprint density at radius 1 is 0.714 bits per heavy atom. The number of halogens is 2. The smallest absolute Gasteiger partial charge is 0.262 e. The number of nitrogens with one attached hydrogen (secondary N) is 2. The second kappa shape index (κ2) is 14.3. The maximum absolute atomic E-state index is 12.7. The van der Waals surface area contributed by atoms with Gasteiger partial charge >= 0.3 is 0 Å². The molecule has 0 radical (unpaired) electrons. The Bertz CT molecular complexity index is 1170. The predicted molar refractivity (Wildman–Crippen MR) is 145 cm³/mol. The molecule has 7 nitrogen and oxygen atoms in total. The molecule has 35 heavy (non-hydrogen) atoms. The van der Waals surface area contributed by atoms with Gasteiger partial charge in [0.15, 0.2) is 0 Å². The lowest BCUT2D eigenvalue weighted by atomic mass is 10.1. The summed E-state index contributed by atoms with van der Waals surface area (Å²) in [5.74, 6) is 0. The van der Waals surface area contributed by atoms with E-state index in [9.17, 15) is 16.8 Å². The van der Waals surface area contributed by atoms with Gasteiger partial charge in [0.05, 0.1) is 31.2 Å². The number of unbranched alkanes of at least 4 members (excludes halogenated alkanes) is 9. The Labute approximate surface area is 219 Å². The molecular weight excluding hydrogens is 529 g/mol. The van der Waals surface area contributed by atoms with Crippen LogP contribution in [-0.2, 0) is 20.0 Å². The average molecular weight is 565 g/mol. The summed E-state index contributed by atoms with van der Waals surface area (Å²) < 4.78 is 55.8. The van der Waals surface area contributed by atoms with Gasteiger partial charge in [-0.2, -0.15) is 0 Å². The van der Waals surface area contributed by atoms with E-state index in [0.29, 0.717) is 6.54 Å². The molecule has 0 aliphatic rings. The molecule has 0 aromatic heterocycles. The van der Waals surface area contributed by atoms with Crippen LogP contribution in [0.2, 0.25) is 10.0 Å². The molecule has 0 spiro atoms. The van der Waals surface area contributed by atoms with E-state index in [0.717, 1.165) is 19.3 Å². The van der Waals surface area contributed by atoms with Crippen LogP contribution in [0.1, 0.15) is 71.1 Å². The zero-order valence-corrected chi connectivity index (χ0v) is 23.2. The first-order valence-electron chi connectivity index (χ1n) is 11.9. The number of sulfonamides is 2. The Kier molecular flexibility index (Phi) is 12.1. The first-order chi connectivity index (χ1) is 16.6. The van der Waals surface area contributed by atoms with Crippen molar-refractivity contribution in [1.82, 2.24) is 4.72 Å². The molecule has 0 heterocycles. The van der Waals surface area contributed by atoms with Gasteiger partial charge in [0.1, 0.15) is 0 Å². The van der Waals surface area contributed by atoms with Gasteiger partial charge in [-0.05, 0) is 42.8 Å². The fourth-order valence-corrected chi connectivity index (χ4v) is 6.09. The van der Waals surface area contributed by atoms with E-state index in [2.05, 4.69) is 16.4 Å². The molecule has 11 heteroatoms. The quantitative estimate of drug-likeness (QED) is 0.157. The maximum Gasteiger partial charge on any atom is 0.262 e. The molecule has 196 valence electrons. The maximum atomic E-state index is 12.7. The molecule has 0 amide bonds. The highest BCUT2D eigenvalue weighted by molar-refractivity contribution is 7.92. The SMILES string of the molecule is CCCCCCCCCCCCNS(=O)(=O)c1ccc(Cl)c(NS(=O)(=O)c2ccc(Cl)c(N)c2)c1. The first-order valence-corrected chi connectivity index (χ1v) is 15.7. The molecule has 0 saturated heterocycles. The lowest BCUT2D eigenvalue weighted by molar-refractivity contribution is 0.549. The molecule has 0 aliphatic carbocycles. The Morgan fingerprint density at radius 3 is 1.80 bits per heavy atom. The number of hydrogen-bond donors (Lipinski definition) is 3. The van der Waals surface area contributed by atoms with E-state index >= 15 is 0 Å². The largest absolute Gasteiger partial charge is 0.397 e. The van der Waals surface area contributed by atoms with Gasteiger partial charge in [-0.3, -0.25) is 4.72 Å². The van der Waals surface area contributed by atoms with Gasteiger partial charge in [-0.15, -0.1) is 0 Å². The Morgan fingerprint density at radius 2 is 1.23 bits per heavy atom. The number of anilines is 2. The van der Waals surface area contributed by atoms with E-state index < -0.39 is 20.0 Å². The summed E-state index contributed by atoms with van der Waals surface area (Å²) in [5.41, 5.74) is 5.75. The topological polar surface area (TPSA) is 118 Å². The summed E-state index contributed by atoms with van der Waals surface area (Å²) in [4.78, 5) is -0.204. The van der Waals surface area contributed by atoms with Crippen LogP contribution in [0.15, 0.2) is 46.2 Å². The van der Waals surface area contributed by atoms with E-state index in [1.54, 1.807) is 0 Å². The molecule has 0 unspecified atom stereocenters. The van der Waals surface area contributed by atoms with Gasteiger partial charge in [-0.1, -0.05) is 87.9 Å². The molecule has 2 aromatic carbocycles. The van der Waals surface area contributed by atoms with Gasteiger partial charge < -0.3 is 5.73 Å². The van der Waals surface area contributed by atoms with Crippen molar-refractivity contribution < 1.29 is 16.8 Å². The Balaban J connectivity index is 1.89. The third-order valence-electron chi connectivity index (χ3n) is 5.59. The van der Waals surface area contributed by atoms with Crippen LogP contribution < -0.4 is 15.2 Å². The van der Waals surface area contributed by atoms with Gasteiger partial charge in [0.2, 0.25) is 10.0 Å². The minimum absolute atomic E-state index is 0.0537. The first kappa shape index (κ1) is 29.7. The predicted octanol–water partition coefficient (Wildman–Crippen LogP) is 6.58. The number of benzene rings is 2. The van der Waals surface area contributed by atoms with Gasteiger partial charge in [0, 0.05) is 6.54 Å². The van der Waals surface area contributed by atoms with Crippen LogP contribution in [0.5, 0.6) is 0 Å². The molecule has 0 atom stereocenters. The van der Waals surface area contributed by atoms with Crippen molar-refractivity contribution in [1.29, 1.82) is 0 Å². The van der Waals surface area contributed by atoms with E-state index in [4.69, 9.17) is 28.9 Å². The van der Waals surface area contributed by atoms with E-state index in [1.165, 1.54) is 81.3 Å². The number of nitrogens with two attached hydrogens (primary N) is 1. The third kappa shape index (κ3) is 9.80. The standard InChI is InChI=1S/C24H35Cl2N3O4S2/c1-2-3-4-5-6-7-8-9-10-11-16-28-34(30,31)20-13-15-22(26)24(18-20)29-35(32,33)19-12-14-21(25)23(27)17-19/h12-15,17-18,28-29H,2-11,16,27H2,1H3. The second-order valence-electron chi connectivity index (χ2n) is 8.51. The lowest BCUT2D eigenvalue weighted by Crippen LogP contribution is -2.25. The molecule has 0 fully saturated rings. The summed E-state index contributed by atoms with van der Waals surface area (Å²) in [5, 5.41) is 0.285. The van der Waals surface area contributed by atoms with Crippen molar-refractivity contribution in [2.75, 3.05) is 17.0 Å². The fourth-order valence-electron chi connectivity index (χ4n) is 3.54. The zero-order valence-electron chi connectivity index (χ0n) is 20.0. The van der Waals surface area contributed by atoms with E-state index in [-0.39, 0.29) is 31.2 Å². The Hall–Kier alpha value is -1.52. The highest BCUT2D eigenvalue weighted by Crippen LogP contribution is 2.29. The van der Waals surface area contributed by atoms with Crippen LogP contribution in [0, 0.1) is 0 Å². The zero-order chi connectivity index (χ0) is 25.9. The van der Waals surface area contributed by atoms with Gasteiger partial charge in [0.25, 0.3) is 10.0 Å². The van der Waals surface area contributed by atoms with Crippen molar-refractivity contribution in [3.05, 3.63) is 46.4 Å². The van der Waals surface area contributed by atoms with Crippen LogP contribution in [0.25, 0.3) is 0 Å². The molecule has 2 aromatic rings. The van der Waals surface area contributed by atoms with Crippen LogP contribution in [-0.4, -0.2) is 23.4 Å². The minimum Gasteiger partial charge on any atom is -0.397 e. The van der Waals surface area contributed by atoms with Crippen molar-refractivity contribution in [3.8, 4) is 0 Å². The highest BCUT2D eigenvalue weighted by Gasteiger charge is 2.20. The second-order valence-corrected chi connectivity index (χ2v) is 12.8. The highest BCUT2D eigenvalue weighted by atomic mass is 35.5. The van der Waals surface area contributed by atoms with Crippen molar-refractivity contribution in [3.63, 3.8) is 0 Å². The summed E-state index contributed by atoms with van der Waals surface area (Å²) >= 11 is 12.0. The molecule has 4 N–H and O–H groups in total. The number of hydrogen-bond acceptors (Lipinski definition) is 5. The summed E-state index contributed by atoms with van der Waals surface area (Å²) in [6, 6.07) is 7.74. The van der Waals surface area contributed by atoms with Crippen LogP contribution in [0.4, 0.5) is 11.4 Å². The lowest BCUT2D eigenvalue weighted by Gasteiger charge is -2.13. The summed E-state index contributed by atoms with van der Waals surface area (Å²) in [6.45, 7) is 2.52. The molecular formula is C24H35Cl2N3O4S2. The summed E-state index contributed by atoms with van der Waals surface area (Å²) in [6.07, 6.45) is 11.6. The fraction of sp³-hybridized carbons (Fsp3) is 0.500. The number of nitrogen functional groups attached to an aromatic ring is 1. The minimum atomic E-state index is -4.06. The van der Waals surface area contributed by atoms with Crippen molar-refractivity contribution in [2.45, 2.75) is 80.9 Å². The summed E-state index contributed by atoms with van der Waals surface area (Å²) in [7, 11) is -7.89. The van der Waals surface area contributed by atoms with Gasteiger partial charge in [-0.25, -0.2) is 21.6 Å². The third-order valence-corrected chi connectivity index (χ3v) is 9.09. The number of rotatable bonds is 16. The van der Waals surface area contributed by atoms with Crippen molar-refractivity contribution >= 4 is 54.6 Å². The van der Waals surface area contributed by atoms with Crippen LogP contribution >= 0.6 is 23.2 Å². The van der Waals surface area contributed by atoms with E-state index in [1.807, 2.05) is 0 Å².